The maximum Gasteiger partial charge on any atom is 0.243 e. The van der Waals surface area contributed by atoms with E-state index in [1.165, 1.54) is 16.4 Å². The van der Waals surface area contributed by atoms with E-state index in [1.807, 2.05) is 13.8 Å². The van der Waals surface area contributed by atoms with Gasteiger partial charge in [-0.15, -0.1) is 0 Å². The van der Waals surface area contributed by atoms with Gasteiger partial charge in [0.25, 0.3) is 0 Å². The van der Waals surface area contributed by atoms with Crippen LogP contribution in [0.3, 0.4) is 0 Å². The van der Waals surface area contributed by atoms with Gasteiger partial charge in [0.2, 0.25) is 15.9 Å². The number of hydrogen-bond donors (Lipinski definition) is 1. The zero-order valence-electron chi connectivity index (χ0n) is 12.2. The molecule has 1 amide bonds. The van der Waals surface area contributed by atoms with Gasteiger partial charge in [-0.2, -0.15) is 4.31 Å². The van der Waals surface area contributed by atoms with Crippen LogP contribution in [-0.2, 0) is 14.8 Å². The molecule has 0 radical (unpaired) electrons. The smallest absolute Gasteiger partial charge is 0.243 e. The summed E-state index contributed by atoms with van der Waals surface area (Å²) in [6.45, 7) is 5.67. The third-order valence-corrected chi connectivity index (χ3v) is 5.01. The highest BCUT2D eigenvalue weighted by molar-refractivity contribution is 7.89. The highest BCUT2D eigenvalue weighted by atomic mass is 32.2. The number of likely N-dealkylation sites (N-methyl/N-ethyl adjacent to an activating group) is 1. The molecular weight excluding hydrogens is 276 g/mol. The van der Waals surface area contributed by atoms with Crippen LogP contribution in [0.4, 0.5) is 0 Å². The van der Waals surface area contributed by atoms with Gasteiger partial charge >= 0.3 is 0 Å². The molecular formula is C14H22N2O3S. The maximum atomic E-state index is 12.4. The third-order valence-electron chi connectivity index (χ3n) is 3.07. The number of amides is 1. The molecule has 1 aromatic rings. The molecule has 1 N–H and O–H groups in total. The SMILES string of the molecule is CC[C@H](C)NC(=O)CN(CC)S(=O)(=O)c1ccccc1. The van der Waals surface area contributed by atoms with E-state index in [1.54, 1.807) is 25.1 Å². The molecule has 1 rings (SSSR count). The second kappa shape index (κ2) is 7.40. The first-order valence-corrected chi connectivity index (χ1v) is 8.20. The highest BCUT2D eigenvalue weighted by Gasteiger charge is 2.25. The molecule has 112 valence electrons. The number of hydrogen-bond acceptors (Lipinski definition) is 3. The standard InChI is InChI=1S/C14H22N2O3S/c1-4-12(3)15-14(17)11-16(5-2)20(18,19)13-9-7-6-8-10-13/h6-10,12H,4-5,11H2,1-3H3,(H,15,17)/t12-/m0/s1. The van der Waals surface area contributed by atoms with E-state index in [-0.39, 0.29) is 29.9 Å². The summed E-state index contributed by atoms with van der Waals surface area (Å²) in [5.41, 5.74) is 0. The van der Waals surface area contributed by atoms with Crippen LogP contribution >= 0.6 is 0 Å². The van der Waals surface area contributed by atoms with Crippen molar-refractivity contribution in [1.82, 2.24) is 9.62 Å². The average molecular weight is 298 g/mol. The number of carbonyl (C=O) groups is 1. The fourth-order valence-corrected chi connectivity index (χ4v) is 3.12. The van der Waals surface area contributed by atoms with Crippen molar-refractivity contribution in [3.63, 3.8) is 0 Å². The van der Waals surface area contributed by atoms with Gasteiger partial charge in [0.05, 0.1) is 11.4 Å². The van der Waals surface area contributed by atoms with Gasteiger partial charge in [0.15, 0.2) is 0 Å². The molecule has 1 aromatic carbocycles. The molecule has 0 spiro atoms. The van der Waals surface area contributed by atoms with Crippen molar-refractivity contribution >= 4 is 15.9 Å². The van der Waals surface area contributed by atoms with E-state index in [4.69, 9.17) is 0 Å². The third kappa shape index (κ3) is 4.31. The molecule has 1 atom stereocenters. The lowest BCUT2D eigenvalue weighted by atomic mass is 10.2. The van der Waals surface area contributed by atoms with Crippen molar-refractivity contribution in [3.05, 3.63) is 30.3 Å². The molecule has 0 fully saturated rings. The monoisotopic (exact) mass is 298 g/mol. The molecule has 5 nitrogen and oxygen atoms in total. The average Bonchev–Trinajstić information content (AvgIpc) is 2.45. The Hall–Kier alpha value is -1.40. The highest BCUT2D eigenvalue weighted by Crippen LogP contribution is 2.14. The lowest BCUT2D eigenvalue weighted by molar-refractivity contribution is -0.121. The van der Waals surface area contributed by atoms with Crippen LogP contribution < -0.4 is 5.32 Å². The lowest BCUT2D eigenvalue weighted by Gasteiger charge is -2.21. The zero-order chi connectivity index (χ0) is 15.2. The molecule has 0 aromatic heterocycles. The largest absolute Gasteiger partial charge is 0.353 e. The van der Waals surface area contributed by atoms with Crippen molar-refractivity contribution < 1.29 is 13.2 Å². The molecule has 0 bridgehead atoms. The summed E-state index contributed by atoms with van der Waals surface area (Å²) in [5, 5.41) is 2.77. The maximum absolute atomic E-state index is 12.4. The zero-order valence-corrected chi connectivity index (χ0v) is 13.0. The van der Waals surface area contributed by atoms with Crippen LogP contribution in [0, 0.1) is 0 Å². The second-order valence-electron chi connectivity index (χ2n) is 4.62. The van der Waals surface area contributed by atoms with Crippen molar-refractivity contribution in [2.24, 2.45) is 0 Å². The van der Waals surface area contributed by atoms with Crippen molar-refractivity contribution in [2.75, 3.05) is 13.1 Å². The first-order chi connectivity index (χ1) is 9.41. The fourth-order valence-electron chi connectivity index (χ4n) is 1.69. The molecule has 0 unspecified atom stereocenters. The first-order valence-electron chi connectivity index (χ1n) is 6.76. The van der Waals surface area contributed by atoms with E-state index in [9.17, 15) is 13.2 Å². The first kappa shape index (κ1) is 16.7. The Balaban J connectivity index is 2.83. The molecule has 0 heterocycles. The van der Waals surface area contributed by atoms with Crippen molar-refractivity contribution in [1.29, 1.82) is 0 Å². The minimum Gasteiger partial charge on any atom is -0.353 e. The molecule has 0 saturated heterocycles. The minimum atomic E-state index is -3.62. The molecule has 0 aliphatic rings. The van der Waals surface area contributed by atoms with Gasteiger partial charge in [0, 0.05) is 12.6 Å². The quantitative estimate of drug-likeness (QED) is 0.831. The van der Waals surface area contributed by atoms with Crippen LogP contribution in [0.25, 0.3) is 0 Å². The van der Waals surface area contributed by atoms with Gasteiger partial charge in [-0.05, 0) is 25.5 Å². The molecule has 6 heteroatoms. The Morgan fingerprint density at radius 1 is 1.25 bits per heavy atom. The Kier molecular flexibility index (Phi) is 6.16. The summed E-state index contributed by atoms with van der Waals surface area (Å²) < 4.78 is 26.0. The van der Waals surface area contributed by atoms with Gasteiger partial charge in [-0.1, -0.05) is 32.0 Å². The van der Waals surface area contributed by atoms with E-state index < -0.39 is 10.0 Å². The Labute approximate surface area is 121 Å². The van der Waals surface area contributed by atoms with Crippen LogP contribution in [0.2, 0.25) is 0 Å². The van der Waals surface area contributed by atoms with Crippen LogP contribution in [0.5, 0.6) is 0 Å². The number of sulfonamides is 1. The van der Waals surface area contributed by atoms with Gasteiger partial charge in [0.1, 0.15) is 0 Å². The second-order valence-corrected chi connectivity index (χ2v) is 6.56. The van der Waals surface area contributed by atoms with Gasteiger partial charge in [-0.25, -0.2) is 8.42 Å². The van der Waals surface area contributed by atoms with E-state index in [0.29, 0.717) is 0 Å². The number of nitrogens with one attached hydrogen (secondary N) is 1. The topological polar surface area (TPSA) is 66.5 Å². The summed E-state index contributed by atoms with van der Waals surface area (Å²) in [5.74, 6) is -0.277. The van der Waals surface area contributed by atoms with Crippen molar-refractivity contribution in [3.8, 4) is 0 Å². The fraction of sp³-hybridized carbons (Fsp3) is 0.500. The van der Waals surface area contributed by atoms with E-state index in [0.717, 1.165) is 6.42 Å². The van der Waals surface area contributed by atoms with Crippen molar-refractivity contribution in [2.45, 2.75) is 38.1 Å². The predicted octanol–water partition coefficient (Wildman–Crippen LogP) is 1.61. The number of benzene rings is 1. The van der Waals surface area contributed by atoms with E-state index in [2.05, 4.69) is 5.32 Å². The van der Waals surface area contributed by atoms with Crippen LogP contribution in [0.15, 0.2) is 35.2 Å². The number of nitrogens with zero attached hydrogens (tertiary/aromatic N) is 1. The molecule has 20 heavy (non-hydrogen) atoms. The predicted molar refractivity (Wildman–Crippen MR) is 78.8 cm³/mol. The summed E-state index contributed by atoms with van der Waals surface area (Å²) in [6, 6.07) is 8.20. The minimum absolute atomic E-state index is 0.0423. The summed E-state index contributed by atoms with van der Waals surface area (Å²) in [4.78, 5) is 12.0. The summed E-state index contributed by atoms with van der Waals surface area (Å²) >= 11 is 0. The Morgan fingerprint density at radius 2 is 1.85 bits per heavy atom. The van der Waals surface area contributed by atoms with E-state index >= 15 is 0 Å². The summed E-state index contributed by atoms with van der Waals surface area (Å²) in [7, 11) is -3.62. The normalized spacial score (nSPS) is 13.2. The van der Waals surface area contributed by atoms with Crippen LogP contribution in [0.1, 0.15) is 27.2 Å². The number of rotatable bonds is 7. The summed E-state index contributed by atoms with van der Waals surface area (Å²) in [6.07, 6.45) is 0.809. The van der Waals surface area contributed by atoms with Gasteiger partial charge in [-0.3, -0.25) is 4.79 Å². The number of carbonyl (C=O) groups excluding carboxylic acids is 1. The van der Waals surface area contributed by atoms with Gasteiger partial charge < -0.3 is 5.32 Å². The molecule has 0 saturated carbocycles. The Bertz CT molecular complexity index is 529. The molecule has 0 aliphatic carbocycles. The molecule has 0 aliphatic heterocycles. The lowest BCUT2D eigenvalue weighted by Crippen LogP contribution is -2.43. The Morgan fingerprint density at radius 3 is 2.35 bits per heavy atom. The van der Waals surface area contributed by atoms with Crippen LogP contribution in [-0.4, -0.2) is 37.8 Å².